The van der Waals surface area contributed by atoms with E-state index in [1.165, 1.54) is 0 Å². The van der Waals surface area contributed by atoms with Crippen molar-refractivity contribution in [2.45, 2.75) is 38.0 Å². The van der Waals surface area contributed by atoms with E-state index in [0.717, 1.165) is 12.8 Å². The van der Waals surface area contributed by atoms with Gasteiger partial charge in [-0.15, -0.1) is 0 Å². The summed E-state index contributed by atoms with van der Waals surface area (Å²) in [5.41, 5.74) is 0.132. The Bertz CT molecular complexity index is 462. The second-order valence-electron chi connectivity index (χ2n) is 4.71. The molecule has 4 heteroatoms. The number of halogens is 1. The molecule has 1 aromatic rings. The largest absolute Gasteiger partial charge is 0.507 e. The van der Waals surface area contributed by atoms with Crippen molar-refractivity contribution in [3.05, 3.63) is 28.3 Å². The fraction of sp³-hybridized carbons (Fsp3) is 0.462. The number of hydrogen-bond acceptors (Lipinski definition) is 2. The molecule has 1 aromatic carbocycles. The van der Waals surface area contributed by atoms with E-state index in [0.29, 0.717) is 29.0 Å². The summed E-state index contributed by atoms with van der Waals surface area (Å²) in [6.07, 6.45) is 2.87. The molecular formula is C13H15ClO3. The van der Waals surface area contributed by atoms with Gasteiger partial charge in [-0.05, 0) is 37.5 Å². The van der Waals surface area contributed by atoms with Crippen molar-refractivity contribution < 1.29 is 15.0 Å². The van der Waals surface area contributed by atoms with E-state index in [1.807, 2.05) is 0 Å². The summed E-state index contributed by atoms with van der Waals surface area (Å²) in [6, 6.07) is 3.23. The van der Waals surface area contributed by atoms with Crippen LogP contribution in [0.2, 0.25) is 5.02 Å². The molecule has 0 aliphatic heterocycles. The number of hydrogen-bond donors (Lipinski definition) is 2. The van der Waals surface area contributed by atoms with Gasteiger partial charge in [0.15, 0.2) is 0 Å². The number of phenols is 1. The molecule has 0 heterocycles. The monoisotopic (exact) mass is 254 g/mol. The topological polar surface area (TPSA) is 57.5 Å². The second kappa shape index (κ2) is 4.22. The average molecular weight is 255 g/mol. The lowest BCUT2D eigenvalue weighted by atomic mass is 9.78. The molecule has 0 amide bonds. The van der Waals surface area contributed by atoms with Crippen LogP contribution in [0.3, 0.4) is 0 Å². The lowest BCUT2D eigenvalue weighted by Gasteiger charge is -2.26. The van der Waals surface area contributed by atoms with E-state index in [1.54, 1.807) is 19.1 Å². The van der Waals surface area contributed by atoms with Gasteiger partial charge in [0.25, 0.3) is 0 Å². The molecule has 0 unspecified atom stereocenters. The maximum absolute atomic E-state index is 11.5. The van der Waals surface area contributed by atoms with Crippen LogP contribution >= 0.6 is 11.6 Å². The first-order chi connectivity index (χ1) is 7.97. The predicted octanol–water partition coefficient (Wildman–Crippen LogP) is 3.25. The highest BCUT2D eigenvalue weighted by atomic mass is 35.5. The fourth-order valence-electron chi connectivity index (χ4n) is 2.68. The van der Waals surface area contributed by atoms with Crippen molar-refractivity contribution >= 4 is 17.6 Å². The molecule has 2 rings (SSSR count). The number of carboxylic acids is 1. The quantitative estimate of drug-likeness (QED) is 0.852. The second-order valence-corrected chi connectivity index (χ2v) is 5.15. The Morgan fingerprint density at radius 3 is 2.47 bits per heavy atom. The van der Waals surface area contributed by atoms with Crippen LogP contribution in [0.5, 0.6) is 5.75 Å². The van der Waals surface area contributed by atoms with E-state index in [4.69, 9.17) is 11.6 Å². The summed E-state index contributed by atoms with van der Waals surface area (Å²) < 4.78 is 0. The Morgan fingerprint density at radius 1 is 1.35 bits per heavy atom. The van der Waals surface area contributed by atoms with Crippen LogP contribution in [0.1, 0.15) is 36.8 Å². The van der Waals surface area contributed by atoms with Gasteiger partial charge in [-0.2, -0.15) is 0 Å². The molecule has 2 N–H and O–H groups in total. The van der Waals surface area contributed by atoms with Crippen molar-refractivity contribution in [1.29, 1.82) is 0 Å². The lowest BCUT2D eigenvalue weighted by molar-refractivity contribution is -0.143. The van der Waals surface area contributed by atoms with Gasteiger partial charge in [-0.3, -0.25) is 4.79 Å². The minimum absolute atomic E-state index is 0.0682. The molecule has 0 radical (unpaired) electrons. The van der Waals surface area contributed by atoms with Gasteiger partial charge in [-0.25, -0.2) is 0 Å². The summed E-state index contributed by atoms with van der Waals surface area (Å²) in [6.45, 7) is 1.73. The maximum Gasteiger partial charge on any atom is 0.314 e. The number of rotatable bonds is 2. The molecule has 0 atom stereocenters. The molecule has 0 aromatic heterocycles. The van der Waals surface area contributed by atoms with E-state index in [9.17, 15) is 15.0 Å². The average Bonchev–Trinajstić information content (AvgIpc) is 2.73. The molecule has 0 spiro atoms. The van der Waals surface area contributed by atoms with Crippen LogP contribution in [0.15, 0.2) is 12.1 Å². The van der Waals surface area contributed by atoms with Crippen LogP contribution in [-0.4, -0.2) is 16.2 Å². The Hall–Kier alpha value is -1.22. The van der Waals surface area contributed by atoms with E-state index >= 15 is 0 Å². The van der Waals surface area contributed by atoms with Gasteiger partial charge in [0.2, 0.25) is 0 Å². The smallest absolute Gasteiger partial charge is 0.314 e. The number of carboxylic acid groups (broad SMARTS) is 1. The molecule has 1 aliphatic carbocycles. The Kier molecular flexibility index (Phi) is 3.04. The summed E-state index contributed by atoms with van der Waals surface area (Å²) in [5, 5.41) is 20.0. The summed E-state index contributed by atoms with van der Waals surface area (Å²) in [5.74, 6) is -0.800. The predicted molar refractivity (Wildman–Crippen MR) is 65.6 cm³/mol. The van der Waals surface area contributed by atoms with E-state index < -0.39 is 11.4 Å². The molecule has 0 saturated heterocycles. The van der Waals surface area contributed by atoms with Gasteiger partial charge < -0.3 is 10.2 Å². The normalized spacial score (nSPS) is 18.2. The first-order valence-electron chi connectivity index (χ1n) is 5.70. The van der Waals surface area contributed by atoms with Gasteiger partial charge >= 0.3 is 5.97 Å². The zero-order valence-corrected chi connectivity index (χ0v) is 10.4. The van der Waals surface area contributed by atoms with Gasteiger partial charge in [0.05, 0.1) is 5.41 Å². The molecule has 17 heavy (non-hydrogen) atoms. The van der Waals surface area contributed by atoms with Crippen LogP contribution in [0.25, 0.3) is 0 Å². The summed E-state index contributed by atoms with van der Waals surface area (Å²) >= 11 is 5.96. The van der Waals surface area contributed by atoms with Crippen LogP contribution in [-0.2, 0) is 10.2 Å². The van der Waals surface area contributed by atoms with Crippen LogP contribution < -0.4 is 0 Å². The molecule has 3 nitrogen and oxygen atoms in total. The molecule has 1 aliphatic rings. The number of phenolic OH excluding ortho intramolecular Hbond substituents is 1. The van der Waals surface area contributed by atoms with E-state index in [-0.39, 0.29) is 5.75 Å². The Balaban J connectivity index is 2.62. The van der Waals surface area contributed by atoms with Gasteiger partial charge in [-0.1, -0.05) is 24.4 Å². The third-order valence-corrected chi connectivity index (χ3v) is 3.87. The maximum atomic E-state index is 11.5. The summed E-state index contributed by atoms with van der Waals surface area (Å²) in [7, 11) is 0. The standard InChI is InChI=1S/C13H15ClO3/c1-8-6-9(14)7-10(11(8)15)13(12(16)17)4-2-3-5-13/h6-7,15H,2-5H2,1H3,(H,16,17). The third kappa shape index (κ3) is 1.89. The van der Waals surface area contributed by atoms with E-state index in [2.05, 4.69) is 0 Å². The minimum atomic E-state index is -0.959. The lowest BCUT2D eigenvalue weighted by Crippen LogP contribution is -2.32. The minimum Gasteiger partial charge on any atom is -0.507 e. The van der Waals surface area contributed by atoms with Gasteiger partial charge in [0, 0.05) is 10.6 Å². The SMILES string of the molecule is Cc1cc(Cl)cc(C2(C(=O)O)CCCC2)c1O. The highest BCUT2D eigenvalue weighted by Crippen LogP contribution is 2.46. The number of aryl methyl sites for hydroxylation is 1. The number of aliphatic carboxylic acids is 1. The summed E-state index contributed by atoms with van der Waals surface area (Å²) in [4.78, 5) is 11.5. The molecular weight excluding hydrogens is 240 g/mol. The fourth-order valence-corrected chi connectivity index (χ4v) is 2.95. The van der Waals surface area contributed by atoms with Crippen LogP contribution in [0, 0.1) is 6.92 Å². The van der Waals surface area contributed by atoms with Crippen molar-refractivity contribution in [2.24, 2.45) is 0 Å². The number of benzene rings is 1. The molecule has 1 saturated carbocycles. The van der Waals surface area contributed by atoms with Crippen molar-refractivity contribution in [3.8, 4) is 5.75 Å². The van der Waals surface area contributed by atoms with Gasteiger partial charge in [0.1, 0.15) is 5.75 Å². The first kappa shape index (κ1) is 12.2. The van der Waals surface area contributed by atoms with Crippen molar-refractivity contribution in [1.82, 2.24) is 0 Å². The third-order valence-electron chi connectivity index (χ3n) is 3.65. The highest BCUT2D eigenvalue weighted by Gasteiger charge is 2.45. The Labute approximate surface area is 105 Å². The number of carbonyl (C=O) groups is 1. The zero-order valence-electron chi connectivity index (χ0n) is 9.66. The molecule has 1 fully saturated rings. The Morgan fingerprint density at radius 2 is 1.94 bits per heavy atom. The number of aromatic hydroxyl groups is 1. The van der Waals surface area contributed by atoms with Crippen LogP contribution in [0.4, 0.5) is 0 Å². The highest BCUT2D eigenvalue weighted by molar-refractivity contribution is 6.30. The molecule has 92 valence electrons. The van der Waals surface area contributed by atoms with Crippen molar-refractivity contribution in [3.63, 3.8) is 0 Å². The van der Waals surface area contributed by atoms with Crippen molar-refractivity contribution in [2.75, 3.05) is 0 Å². The zero-order chi connectivity index (χ0) is 12.6. The first-order valence-corrected chi connectivity index (χ1v) is 6.08. The molecule has 0 bridgehead atoms.